The minimum Gasteiger partial charge on any atom is -0.472 e. The molecule has 0 bridgehead atoms. The van der Waals surface area contributed by atoms with Crippen molar-refractivity contribution in [2.45, 2.75) is 6.92 Å². The van der Waals surface area contributed by atoms with E-state index in [0.29, 0.717) is 18.1 Å². The third kappa shape index (κ3) is 2.60. The van der Waals surface area contributed by atoms with Crippen molar-refractivity contribution in [2.24, 2.45) is 0 Å². The molecule has 0 N–H and O–H groups in total. The van der Waals surface area contributed by atoms with Gasteiger partial charge in [-0.25, -0.2) is 4.98 Å². The lowest BCUT2D eigenvalue weighted by molar-refractivity contribution is 0.347. The predicted octanol–water partition coefficient (Wildman–Crippen LogP) is 1.91. The molecule has 1 aromatic heterocycles. The highest BCUT2D eigenvalue weighted by atomic mass is 16.5. The van der Waals surface area contributed by atoms with Crippen molar-refractivity contribution in [1.82, 2.24) is 4.98 Å². The first-order chi connectivity index (χ1) is 6.38. The van der Waals surface area contributed by atoms with E-state index in [1.165, 1.54) is 0 Å². The van der Waals surface area contributed by atoms with Crippen molar-refractivity contribution >= 4 is 0 Å². The van der Waals surface area contributed by atoms with Gasteiger partial charge in [0.05, 0.1) is 0 Å². The Labute approximate surface area is 77.3 Å². The molecule has 0 saturated carbocycles. The summed E-state index contributed by atoms with van der Waals surface area (Å²) in [5.74, 6) is 0.392. The molecule has 0 aromatic carbocycles. The van der Waals surface area contributed by atoms with Crippen LogP contribution in [0.2, 0.25) is 0 Å². The number of hydrogen-bond acceptors (Lipinski definition) is 3. The van der Waals surface area contributed by atoms with Gasteiger partial charge in [0.1, 0.15) is 18.2 Å². The molecule has 0 atom stereocenters. The zero-order chi connectivity index (χ0) is 9.52. The van der Waals surface area contributed by atoms with E-state index >= 15 is 0 Å². The first-order valence-electron chi connectivity index (χ1n) is 3.97. The number of hydrogen-bond donors (Lipinski definition) is 0. The van der Waals surface area contributed by atoms with Crippen LogP contribution < -0.4 is 4.74 Å². The molecule has 0 aliphatic rings. The topological polar surface area (TPSA) is 45.9 Å². The van der Waals surface area contributed by atoms with Crippen molar-refractivity contribution in [1.29, 1.82) is 5.26 Å². The van der Waals surface area contributed by atoms with E-state index in [2.05, 4.69) is 4.98 Å². The van der Waals surface area contributed by atoms with Gasteiger partial charge in [-0.2, -0.15) is 5.26 Å². The number of rotatable bonds is 3. The van der Waals surface area contributed by atoms with Gasteiger partial charge in [-0.3, -0.25) is 0 Å². The molecule has 0 amide bonds. The Bertz CT molecular complexity index is 339. The Hall–Kier alpha value is -1.82. The first-order valence-corrected chi connectivity index (χ1v) is 3.97. The van der Waals surface area contributed by atoms with Crippen molar-refractivity contribution in [2.75, 3.05) is 6.61 Å². The molecule has 0 aliphatic carbocycles. The quantitative estimate of drug-likeness (QED) is 0.657. The average molecular weight is 174 g/mol. The molecular weight excluding hydrogens is 164 g/mol. The Morgan fingerprint density at radius 3 is 3.23 bits per heavy atom. The second-order valence-electron chi connectivity index (χ2n) is 2.35. The molecule has 66 valence electrons. The molecule has 1 heterocycles. The zero-order valence-electron chi connectivity index (χ0n) is 7.40. The van der Waals surface area contributed by atoms with Gasteiger partial charge >= 0.3 is 0 Å². The Balaban J connectivity index is 2.71. The van der Waals surface area contributed by atoms with E-state index in [0.717, 1.165) is 0 Å². The number of allylic oxidation sites excluding steroid dienone is 1. The van der Waals surface area contributed by atoms with E-state index < -0.39 is 0 Å². The highest BCUT2D eigenvalue weighted by Crippen LogP contribution is 2.11. The van der Waals surface area contributed by atoms with E-state index in [-0.39, 0.29) is 0 Å². The summed E-state index contributed by atoms with van der Waals surface area (Å²) in [6.45, 7) is 2.36. The molecule has 1 aromatic rings. The minimum absolute atomic E-state index is 0.392. The summed E-state index contributed by atoms with van der Waals surface area (Å²) in [4.78, 5) is 3.94. The van der Waals surface area contributed by atoms with Crippen LogP contribution in [0.5, 0.6) is 5.88 Å². The van der Waals surface area contributed by atoms with Gasteiger partial charge in [0, 0.05) is 6.20 Å². The molecule has 3 heteroatoms. The van der Waals surface area contributed by atoms with Crippen LogP contribution in [0.3, 0.4) is 0 Å². The minimum atomic E-state index is 0.392. The van der Waals surface area contributed by atoms with Crippen molar-refractivity contribution in [3.63, 3.8) is 0 Å². The van der Waals surface area contributed by atoms with Gasteiger partial charge in [-0.05, 0) is 19.1 Å². The zero-order valence-corrected chi connectivity index (χ0v) is 7.40. The van der Waals surface area contributed by atoms with Crippen LogP contribution in [-0.2, 0) is 0 Å². The fourth-order valence-electron chi connectivity index (χ4n) is 0.814. The maximum Gasteiger partial charge on any atom is 0.231 e. The van der Waals surface area contributed by atoms with Crippen LogP contribution in [0.15, 0.2) is 30.5 Å². The van der Waals surface area contributed by atoms with Crippen LogP contribution in [0.25, 0.3) is 0 Å². The molecule has 0 saturated heterocycles. The lowest BCUT2D eigenvalue weighted by atomic mass is 10.3. The fraction of sp³-hybridized carbons (Fsp3) is 0.200. The smallest absolute Gasteiger partial charge is 0.231 e. The monoisotopic (exact) mass is 174 g/mol. The molecule has 13 heavy (non-hydrogen) atoms. The highest BCUT2D eigenvalue weighted by molar-refractivity contribution is 5.37. The first kappa shape index (κ1) is 9.27. The maximum absolute atomic E-state index is 8.69. The molecular formula is C10H10N2O. The van der Waals surface area contributed by atoms with Crippen LogP contribution in [0.1, 0.15) is 12.5 Å². The molecule has 1 rings (SSSR count). The number of nitriles is 1. The van der Waals surface area contributed by atoms with Crippen molar-refractivity contribution < 1.29 is 4.74 Å². The second-order valence-corrected chi connectivity index (χ2v) is 2.35. The normalized spacial score (nSPS) is 9.85. The lowest BCUT2D eigenvalue weighted by Gasteiger charge is -2.02. The van der Waals surface area contributed by atoms with Crippen molar-refractivity contribution in [3.05, 3.63) is 36.0 Å². The van der Waals surface area contributed by atoms with Gasteiger partial charge in [0.2, 0.25) is 5.88 Å². The highest BCUT2D eigenvalue weighted by Gasteiger charge is 2.00. The Morgan fingerprint density at radius 1 is 1.69 bits per heavy atom. The van der Waals surface area contributed by atoms with Gasteiger partial charge < -0.3 is 4.74 Å². The van der Waals surface area contributed by atoms with E-state index in [1.54, 1.807) is 18.3 Å². The van der Waals surface area contributed by atoms with E-state index in [1.807, 2.05) is 25.1 Å². The molecule has 3 nitrogen and oxygen atoms in total. The summed E-state index contributed by atoms with van der Waals surface area (Å²) in [5.41, 5.74) is 0.465. The average Bonchev–Trinajstić information content (AvgIpc) is 2.19. The lowest BCUT2D eigenvalue weighted by Crippen LogP contribution is -1.97. The summed E-state index contributed by atoms with van der Waals surface area (Å²) >= 11 is 0. The number of ether oxygens (including phenoxy) is 1. The van der Waals surface area contributed by atoms with Crippen LogP contribution in [-0.4, -0.2) is 11.6 Å². The Morgan fingerprint density at radius 2 is 2.54 bits per heavy atom. The van der Waals surface area contributed by atoms with Gasteiger partial charge in [-0.15, -0.1) is 0 Å². The standard InChI is InChI=1S/C10H10N2O/c1-2-3-7-13-10-9(8-11)5-4-6-12-10/h2-6H,7H2,1H3/b3-2+. The van der Waals surface area contributed by atoms with Crippen LogP contribution in [0, 0.1) is 11.3 Å². The van der Waals surface area contributed by atoms with E-state index in [4.69, 9.17) is 10.00 Å². The number of nitrogens with zero attached hydrogens (tertiary/aromatic N) is 2. The summed E-state index contributed by atoms with van der Waals surface area (Å²) in [7, 11) is 0. The van der Waals surface area contributed by atoms with Gasteiger partial charge in [0.15, 0.2) is 0 Å². The van der Waals surface area contributed by atoms with Crippen molar-refractivity contribution in [3.8, 4) is 11.9 Å². The largest absolute Gasteiger partial charge is 0.472 e. The fourth-order valence-corrected chi connectivity index (χ4v) is 0.814. The maximum atomic E-state index is 8.69. The second kappa shape index (κ2) is 4.94. The van der Waals surface area contributed by atoms with Gasteiger partial charge in [-0.1, -0.05) is 12.2 Å². The molecule has 0 aliphatic heterocycles. The van der Waals surface area contributed by atoms with Gasteiger partial charge in [0.25, 0.3) is 0 Å². The summed E-state index contributed by atoms with van der Waals surface area (Å²) in [6, 6.07) is 5.40. The molecule has 0 fully saturated rings. The van der Waals surface area contributed by atoms with Crippen LogP contribution in [0.4, 0.5) is 0 Å². The number of pyridine rings is 1. The summed E-state index contributed by atoms with van der Waals surface area (Å²) < 4.78 is 5.25. The van der Waals surface area contributed by atoms with Crippen LogP contribution >= 0.6 is 0 Å². The SMILES string of the molecule is C/C=C/COc1ncccc1C#N. The third-order valence-corrected chi connectivity index (χ3v) is 1.44. The van der Waals surface area contributed by atoms with E-state index in [9.17, 15) is 0 Å². The predicted molar refractivity (Wildman–Crippen MR) is 49.3 cm³/mol. The summed E-state index contributed by atoms with van der Waals surface area (Å²) in [6.07, 6.45) is 5.34. The number of aromatic nitrogens is 1. The molecule has 0 unspecified atom stereocenters. The third-order valence-electron chi connectivity index (χ3n) is 1.44. The Kier molecular flexibility index (Phi) is 3.52. The molecule has 0 radical (unpaired) electrons. The summed E-state index contributed by atoms with van der Waals surface area (Å²) in [5, 5.41) is 8.69. The molecule has 0 spiro atoms.